The zero-order valence-electron chi connectivity index (χ0n) is 9.08. The molecule has 2 heterocycles. The van der Waals surface area contributed by atoms with Crippen molar-refractivity contribution in [1.29, 1.82) is 0 Å². The zero-order valence-corrected chi connectivity index (χ0v) is 9.08. The van der Waals surface area contributed by atoms with Crippen molar-refractivity contribution < 1.29 is 4.74 Å². The van der Waals surface area contributed by atoms with Crippen LogP contribution < -0.4 is 4.74 Å². The average Bonchev–Trinajstić information content (AvgIpc) is 2.69. The van der Waals surface area contributed by atoms with Crippen LogP contribution in [0.15, 0.2) is 12.3 Å². The molecule has 2 aromatic rings. The number of fused-ring (bicyclic) bond motifs is 1. The topological polar surface area (TPSA) is 50.8 Å². The lowest BCUT2D eigenvalue weighted by Crippen LogP contribution is -1.98. The van der Waals surface area contributed by atoms with Crippen LogP contribution in [0.4, 0.5) is 0 Å². The third-order valence-electron chi connectivity index (χ3n) is 2.29. The van der Waals surface area contributed by atoms with Crippen molar-refractivity contribution in [2.45, 2.75) is 26.7 Å². The normalized spacial score (nSPS) is 10.8. The van der Waals surface area contributed by atoms with E-state index >= 15 is 0 Å². The van der Waals surface area contributed by atoms with E-state index < -0.39 is 0 Å². The molecule has 4 heteroatoms. The number of aromatic nitrogens is 3. The molecule has 0 amide bonds. The zero-order chi connectivity index (χ0) is 10.7. The van der Waals surface area contributed by atoms with Crippen LogP contribution in [0.5, 0.6) is 5.88 Å². The maximum absolute atomic E-state index is 5.60. The fraction of sp³-hybridized carbons (Fsp3) is 0.455. The largest absolute Gasteiger partial charge is 0.477 e. The van der Waals surface area contributed by atoms with Gasteiger partial charge in [-0.2, -0.15) is 5.10 Å². The molecule has 2 aromatic heterocycles. The van der Waals surface area contributed by atoms with Crippen LogP contribution in [0.3, 0.4) is 0 Å². The minimum Gasteiger partial charge on any atom is -0.477 e. The molecular formula is C11H15N3O. The first-order valence-electron chi connectivity index (χ1n) is 5.31. The molecule has 0 fully saturated rings. The van der Waals surface area contributed by atoms with Crippen molar-refractivity contribution in [3.63, 3.8) is 0 Å². The quantitative estimate of drug-likeness (QED) is 0.833. The first kappa shape index (κ1) is 9.96. The van der Waals surface area contributed by atoms with Crippen LogP contribution in [0, 0.1) is 0 Å². The molecule has 0 bridgehead atoms. The number of aromatic amines is 1. The molecule has 2 rings (SSSR count). The molecule has 0 aromatic carbocycles. The Morgan fingerprint density at radius 3 is 3.00 bits per heavy atom. The molecular weight excluding hydrogens is 190 g/mol. The first-order valence-corrected chi connectivity index (χ1v) is 5.31. The lowest BCUT2D eigenvalue weighted by atomic mass is 10.2. The number of rotatable bonds is 4. The molecule has 15 heavy (non-hydrogen) atoms. The first-order chi connectivity index (χ1) is 7.36. The van der Waals surface area contributed by atoms with E-state index in [2.05, 4.69) is 29.0 Å². The SMILES string of the molecule is CCCOc1nccc2[nH]nc(CC)c12. The van der Waals surface area contributed by atoms with Gasteiger partial charge in [-0.3, -0.25) is 5.10 Å². The summed E-state index contributed by atoms with van der Waals surface area (Å²) < 4.78 is 5.60. The number of nitrogens with one attached hydrogen (secondary N) is 1. The van der Waals surface area contributed by atoms with E-state index in [1.54, 1.807) is 6.20 Å². The van der Waals surface area contributed by atoms with E-state index in [-0.39, 0.29) is 0 Å². The Hall–Kier alpha value is -1.58. The summed E-state index contributed by atoms with van der Waals surface area (Å²) in [6.07, 6.45) is 3.61. The predicted octanol–water partition coefficient (Wildman–Crippen LogP) is 2.31. The minimum atomic E-state index is 0.694. The van der Waals surface area contributed by atoms with Gasteiger partial charge in [-0.05, 0) is 18.9 Å². The second-order valence-electron chi connectivity index (χ2n) is 3.41. The number of hydrogen-bond donors (Lipinski definition) is 1. The number of aryl methyl sites for hydroxylation is 1. The predicted molar refractivity (Wildman–Crippen MR) is 59.1 cm³/mol. The Morgan fingerprint density at radius 1 is 1.40 bits per heavy atom. The summed E-state index contributed by atoms with van der Waals surface area (Å²) in [6.45, 7) is 4.85. The smallest absolute Gasteiger partial charge is 0.224 e. The van der Waals surface area contributed by atoms with Crippen LogP contribution in [0.2, 0.25) is 0 Å². The van der Waals surface area contributed by atoms with Crippen molar-refractivity contribution in [2.24, 2.45) is 0 Å². The molecule has 0 aliphatic heterocycles. The highest BCUT2D eigenvalue weighted by Gasteiger charge is 2.10. The maximum atomic E-state index is 5.60. The molecule has 0 aliphatic carbocycles. The standard InChI is InChI=1S/C11H15N3O/c1-3-7-15-11-10-8(4-2)13-14-9(10)5-6-12-11/h5-6H,3-4,7H2,1-2H3,(H,13,14). The van der Waals surface area contributed by atoms with Gasteiger partial charge in [0.05, 0.1) is 23.2 Å². The lowest BCUT2D eigenvalue weighted by Gasteiger charge is -2.04. The van der Waals surface area contributed by atoms with Gasteiger partial charge in [0, 0.05) is 6.20 Å². The van der Waals surface area contributed by atoms with E-state index in [1.807, 2.05) is 6.07 Å². The third-order valence-corrected chi connectivity index (χ3v) is 2.29. The van der Waals surface area contributed by atoms with Crippen LogP contribution in [0.1, 0.15) is 26.0 Å². The molecule has 0 saturated heterocycles. The van der Waals surface area contributed by atoms with E-state index in [1.165, 1.54) is 0 Å². The summed E-state index contributed by atoms with van der Waals surface area (Å²) in [5.74, 6) is 0.694. The number of hydrogen-bond acceptors (Lipinski definition) is 3. The monoisotopic (exact) mass is 205 g/mol. The second kappa shape index (κ2) is 4.29. The van der Waals surface area contributed by atoms with Crippen LogP contribution >= 0.6 is 0 Å². The number of nitrogens with zero attached hydrogens (tertiary/aromatic N) is 2. The Balaban J connectivity index is 2.47. The van der Waals surface area contributed by atoms with E-state index in [0.717, 1.165) is 29.4 Å². The third kappa shape index (κ3) is 1.79. The lowest BCUT2D eigenvalue weighted by molar-refractivity contribution is 0.309. The van der Waals surface area contributed by atoms with E-state index in [4.69, 9.17) is 4.74 Å². The molecule has 80 valence electrons. The highest BCUT2D eigenvalue weighted by Crippen LogP contribution is 2.25. The van der Waals surface area contributed by atoms with Gasteiger partial charge in [0.25, 0.3) is 0 Å². The van der Waals surface area contributed by atoms with E-state index in [0.29, 0.717) is 12.5 Å². The van der Waals surface area contributed by atoms with Crippen LogP contribution in [-0.4, -0.2) is 21.8 Å². The number of ether oxygens (including phenoxy) is 1. The second-order valence-corrected chi connectivity index (χ2v) is 3.41. The Bertz CT molecular complexity index is 450. The summed E-state index contributed by atoms with van der Waals surface area (Å²) in [7, 11) is 0. The summed E-state index contributed by atoms with van der Waals surface area (Å²) in [4.78, 5) is 4.24. The van der Waals surface area contributed by atoms with Crippen molar-refractivity contribution in [1.82, 2.24) is 15.2 Å². The fourth-order valence-electron chi connectivity index (χ4n) is 1.56. The van der Waals surface area contributed by atoms with Crippen LogP contribution in [-0.2, 0) is 6.42 Å². The van der Waals surface area contributed by atoms with Gasteiger partial charge in [0.15, 0.2) is 0 Å². The average molecular weight is 205 g/mol. The summed E-state index contributed by atoms with van der Waals surface area (Å²) >= 11 is 0. The van der Waals surface area contributed by atoms with Crippen molar-refractivity contribution in [3.8, 4) is 5.88 Å². The molecule has 0 unspecified atom stereocenters. The van der Waals surface area contributed by atoms with Gasteiger partial charge in [0.2, 0.25) is 5.88 Å². The van der Waals surface area contributed by atoms with Gasteiger partial charge >= 0.3 is 0 Å². The number of pyridine rings is 1. The molecule has 0 saturated carbocycles. The van der Waals surface area contributed by atoms with Gasteiger partial charge in [-0.15, -0.1) is 0 Å². The summed E-state index contributed by atoms with van der Waals surface area (Å²) in [6, 6.07) is 1.92. The molecule has 1 N–H and O–H groups in total. The van der Waals surface area contributed by atoms with Crippen LogP contribution in [0.25, 0.3) is 10.9 Å². The highest BCUT2D eigenvalue weighted by molar-refractivity contribution is 5.85. The van der Waals surface area contributed by atoms with Gasteiger partial charge in [0.1, 0.15) is 0 Å². The summed E-state index contributed by atoms with van der Waals surface area (Å²) in [5.41, 5.74) is 2.01. The van der Waals surface area contributed by atoms with Gasteiger partial charge in [-0.25, -0.2) is 4.98 Å². The molecule has 0 radical (unpaired) electrons. The molecule has 0 atom stereocenters. The van der Waals surface area contributed by atoms with Crippen molar-refractivity contribution >= 4 is 10.9 Å². The minimum absolute atomic E-state index is 0.694. The number of H-pyrrole nitrogens is 1. The molecule has 0 spiro atoms. The maximum Gasteiger partial charge on any atom is 0.224 e. The fourth-order valence-corrected chi connectivity index (χ4v) is 1.56. The highest BCUT2D eigenvalue weighted by atomic mass is 16.5. The van der Waals surface area contributed by atoms with Gasteiger partial charge < -0.3 is 4.74 Å². The molecule has 4 nitrogen and oxygen atoms in total. The Morgan fingerprint density at radius 2 is 2.27 bits per heavy atom. The van der Waals surface area contributed by atoms with Gasteiger partial charge in [-0.1, -0.05) is 13.8 Å². The van der Waals surface area contributed by atoms with E-state index in [9.17, 15) is 0 Å². The van der Waals surface area contributed by atoms with Crippen molar-refractivity contribution in [2.75, 3.05) is 6.61 Å². The summed E-state index contributed by atoms with van der Waals surface area (Å²) in [5, 5.41) is 8.25. The van der Waals surface area contributed by atoms with Crippen molar-refractivity contribution in [3.05, 3.63) is 18.0 Å². The Kier molecular flexibility index (Phi) is 2.85. The Labute approximate surface area is 88.7 Å². The molecule has 0 aliphatic rings.